The van der Waals surface area contributed by atoms with Crippen molar-refractivity contribution in [3.63, 3.8) is 0 Å². The van der Waals surface area contributed by atoms with Crippen LogP contribution >= 0.6 is 24.0 Å². The number of guanidine groups is 1. The summed E-state index contributed by atoms with van der Waals surface area (Å²) >= 11 is 0. The average Bonchev–Trinajstić information content (AvgIpc) is 2.49. The van der Waals surface area contributed by atoms with Gasteiger partial charge < -0.3 is 10.6 Å². The fraction of sp³-hybridized carbons (Fsp3) is 0.562. The maximum Gasteiger partial charge on any atom is 0.190 e. The molecule has 0 unspecified atom stereocenters. The Kier molecular flexibility index (Phi) is 7.42. The highest BCUT2D eigenvalue weighted by atomic mass is 127. The molecule has 1 aromatic carbocycles. The molecule has 1 saturated carbocycles. The van der Waals surface area contributed by atoms with Gasteiger partial charge in [0.2, 0.25) is 0 Å². The molecule has 2 rings (SSSR count). The molecule has 0 heterocycles. The lowest BCUT2D eigenvalue weighted by Gasteiger charge is -2.38. The second-order valence-corrected chi connectivity index (χ2v) is 5.53. The number of halogens is 2. The van der Waals surface area contributed by atoms with Crippen LogP contribution in [0.25, 0.3) is 0 Å². The normalized spacial score (nSPS) is 17.8. The average molecular weight is 405 g/mol. The van der Waals surface area contributed by atoms with Gasteiger partial charge in [-0.15, -0.1) is 24.0 Å². The van der Waals surface area contributed by atoms with Crippen molar-refractivity contribution in [2.75, 3.05) is 20.6 Å². The Morgan fingerprint density at radius 3 is 2.57 bits per heavy atom. The van der Waals surface area contributed by atoms with Crippen LogP contribution in [0.5, 0.6) is 0 Å². The molecule has 0 spiro atoms. The van der Waals surface area contributed by atoms with Crippen molar-refractivity contribution in [3.8, 4) is 0 Å². The number of hydrogen-bond donors (Lipinski definition) is 2. The Morgan fingerprint density at radius 1 is 1.29 bits per heavy atom. The Hall–Kier alpha value is -0.850. The predicted molar refractivity (Wildman–Crippen MR) is 97.0 cm³/mol. The minimum atomic E-state index is -0.148. The van der Waals surface area contributed by atoms with E-state index in [1.165, 1.54) is 25.3 Å². The van der Waals surface area contributed by atoms with Crippen LogP contribution in [-0.4, -0.2) is 26.6 Å². The van der Waals surface area contributed by atoms with Crippen LogP contribution in [0.4, 0.5) is 4.39 Å². The lowest BCUT2D eigenvalue weighted by molar-refractivity contribution is 0.290. The topological polar surface area (TPSA) is 36.4 Å². The van der Waals surface area contributed by atoms with Crippen molar-refractivity contribution in [2.24, 2.45) is 4.99 Å². The van der Waals surface area contributed by atoms with Crippen LogP contribution in [0, 0.1) is 5.82 Å². The maximum atomic E-state index is 13.6. The molecule has 5 heteroatoms. The van der Waals surface area contributed by atoms with Crippen molar-refractivity contribution in [3.05, 3.63) is 35.6 Å². The second kappa shape index (κ2) is 8.56. The van der Waals surface area contributed by atoms with E-state index in [-0.39, 0.29) is 35.2 Å². The highest BCUT2D eigenvalue weighted by Gasteiger charge is 2.34. The van der Waals surface area contributed by atoms with Crippen molar-refractivity contribution in [1.29, 1.82) is 0 Å². The highest BCUT2D eigenvalue weighted by molar-refractivity contribution is 14.0. The zero-order valence-electron chi connectivity index (χ0n) is 12.8. The smallest absolute Gasteiger partial charge is 0.190 e. The molecule has 3 nitrogen and oxygen atoms in total. The Labute approximate surface area is 143 Å². The van der Waals surface area contributed by atoms with Gasteiger partial charge in [0.25, 0.3) is 0 Å². The number of rotatable bonds is 3. The Bertz CT molecular complexity index is 470. The van der Waals surface area contributed by atoms with Crippen molar-refractivity contribution in [1.82, 2.24) is 10.6 Å². The third kappa shape index (κ3) is 4.56. The second-order valence-electron chi connectivity index (χ2n) is 5.53. The number of hydrogen-bond acceptors (Lipinski definition) is 1. The molecule has 0 radical (unpaired) electrons. The van der Waals surface area contributed by atoms with Crippen molar-refractivity contribution < 1.29 is 4.39 Å². The van der Waals surface area contributed by atoms with Gasteiger partial charge in [-0.3, -0.25) is 4.99 Å². The summed E-state index contributed by atoms with van der Waals surface area (Å²) < 4.78 is 13.6. The number of benzene rings is 1. The molecule has 1 fully saturated rings. The minimum Gasteiger partial charge on any atom is -0.359 e. The van der Waals surface area contributed by atoms with E-state index in [2.05, 4.69) is 21.7 Å². The summed E-state index contributed by atoms with van der Waals surface area (Å²) in [6.07, 6.45) is 5.89. The molecule has 1 aromatic rings. The third-order valence-corrected chi connectivity index (χ3v) is 4.30. The van der Waals surface area contributed by atoms with Gasteiger partial charge in [0.1, 0.15) is 5.82 Å². The quantitative estimate of drug-likeness (QED) is 0.459. The van der Waals surface area contributed by atoms with Crippen LogP contribution in [0.1, 0.15) is 37.7 Å². The van der Waals surface area contributed by atoms with Gasteiger partial charge in [-0.05, 0) is 30.5 Å². The first-order chi connectivity index (χ1) is 9.70. The molecule has 0 aliphatic heterocycles. The highest BCUT2D eigenvalue weighted by Crippen LogP contribution is 2.39. The monoisotopic (exact) mass is 405 g/mol. The molecule has 0 bridgehead atoms. The third-order valence-electron chi connectivity index (χ3n) is 4.30. The van der Waals surface area contributed by atoms with Gasteiger partial charge in [-0.25, -0.2) is 4.39 Å². The van der Waals surface area contributed by atoms with Gasteiger partial charge in [0.15, 0.2) is 5.96 Å². The largest absolute Gasteiger partial charge is 0.359 e. The van der Waals surface area contributed by atoms with Gasteiger partial charge in [0, 0.05) is 26.1 Å². The summed E-state index contributed by atoms with van der Waals surface area (Å²) in [7, 11) is 3.61. The van der Waals surface area contributed by atoms with Crippen molar-refractivity contribution >= 4 is 29.9 Å². The lowest BCUT2D eigenvalue weighted by Crippen LogP contribution is -2.45. The zero-order chi connectivity index (χ0) is 14.4. The van der Waals surface area contributed by atoms with E-state index >= 15 is 0 Å². The van der Waals surface area contributed by atoms with Crippen molar-refractivity contribution in [2.45, 2.75) is 37.5 Å². The lowest BCUT2D eigenvalue weighted by atomic mass is 9.69. The van der Waals surface area contributed by atoms with E-state index < -0.39 is 0 Å². The first-order valence-electron chi connectivity index (χ1n) is 7.35. The van der Waals surface area contributed by atoms with E-state index in [4.69, 9.17) is 0 Å². The first-order valence-corrected chi connectivity index (χ1v) is 7.35. The van der Waals surface area contributed by atoms with E-state index in [9.17, 15) is 4.39 Å². The summed E-state index contributed by atoms with van der Waals surface area (Å²) in [6.45, 7) is 0.796. The molecule has 0 amide bonds. The van der Waals surface area contributed by atoms with Gasteiger partial charge in [-0.1, -0.05) is 31.4 Å². The summed E-state index contributed by atoms with van der Waals surface area (Å²) in [5.41, 5.74) is 1.13. The van der Waals surface area contributed by atoms with Crippen LogP contribution < -0.4 is 10.6 Å². The molecule has 118 valence electrons. The Balaban J connectivity index is 0.00000220. The maximum absolute atomic E-state index is 13.6. The molecule has 0 saturated heterocycles. The van der Waals surface area contributed by atoms with E-state index in [0.717, 1.165) is 30.9 Å². The summed E-state index contributed by atoms with van der Waals surface area (Å²) in [6, 6.07) is 7.07. The molecule has 2 N–H and O–H groups in total. The van der Waals surface area contributed by atoms with Gasteiger partial charge in [0.05, 0.1) is 0 Å². The zero-order valence-corrected chi connectivity index (χ0v) is 15.1. The SMILES string of the molecule is CN=C(NC)NCC1(c2cccc(F)c2)CCCCC1.I. The number of aliphatic imine (C=N–C) groups is 1. The van der Waals surface area contributed by atoms with E-state index in [1.807, 2.05) is 13.1 Å². The first kappa shape index (κ1) is 18.2. The Morgan fingerprint density at radius 2 is 2.00 bits per heavy atom. The molecule has 21 heavy (non-hydrogen) atoms. The predicted octanol–water partition coefficient (Wildman–Crippen LogP) is 3.44. The van der Waals surface area contributed by atoms with Gasteiger partial charge >= 0.3 is 0 Å². The van der Waals surface area contributed by atoms with E-state index in [0.29, 0.717) is 0 Å². The van der Waals surface area contributed by atoms with Crippen LogP contribution in [0.3, 0.4) is 0 Å². The molecular weight excluding hydrogens is 380 g/mol. The fourth-order valence-electron chi connectivity index (χ4n) is 3.15. The minimum absolute atomic E-state index is 0. The summed E-state index contributed by atoms with van der Waals surface area (Å²) in [5.74, 6) is 0.636. The fourth-order valence-corrected chi connectivity index (χ4v) is 3.15. The number of nitrogens with zero attached hydrogens (tertiary/aromatic N) is 1. The molecule has 1 aliphatic carbocycles. The standard InChI is InChI=1S/C16H24FN3.HI/c1-18-15(19-2)20-12-16(9-4-3-5-10-16)13-7-6-8-14(17)11-13;/h6-8,11H,3-5,9-10,12H2,1-2H3,(H2,18,19,20);1H. The summed E-state index contributed by atoms with van der Waals surface area (Å²) in [5, 5.41) is 6.40. The molecule has 0 aromatic heterocycles. The number of nitrogens with one attached hydrogen (secondary N) is 2. The van der Waals surface area contributed by atoms with Crippen LogP contribution in [0.15, 0.2) is 29.3 Å². The van der Waals surface area contributed by atoms with E-state index in [1.54, 1.807) is 13.1 Å². The van der Waals surface area contributed by atoms with Crippen LogP contribution in [-0.2, 0) is 5.41 Å². The molecule has 0 atom stereocenters. The van der Waals surface area contributed by atoms with Crippen LogP contribution in [0.2, 0.25) is 0 Å². The molecule has 1 aliphatic rings. The summed E-state index contributed by atoms with van der Waals surface area (Å²) in [4.78, 5) is 4.15. The molecular formula is C16H25FIN3. The van der Waals surface area contributed by atoms with Gasteiger partial charge in [-0.2, -0.15) is 0 Å².